The minimum atomic E-state index is -0.461. The summed E-state index contributed by atoms with van der Waals surface area (Å²) in [6, 6.07) is 11.6. The number of aryl methyl sites for hydroxylation is 1. The molecule has 0 aliphatic rings. The Morgan fingerprint density at radius 2 is 2.04 bits per heavy atom. The predicted molar refractivity (Wildman–Crippen MR) is 98.9 cm³/mol. The normalized spacial score (nSPS) is 12.2. The lowest BCUT2D eigenvalue weighted by Crippen LogP contribution is -1.99. The van der Waals surface area contributed by atoms with E-state index in [-0.39, 0.29) is 5.97 Å². The SMILES string of the molecule is CCOC(=O)C=Cc1ccc(C(O)CCCCc2cccnc2)cc1. The number of carbonyl (C=O) groups excluding carboxylic acids is 1. The van der Waals surface area contributed by atoms with Crippen molar-refractivity contribution in [1.29, 1.82) is 0 Å². The maximum Gasteiger partial charge on any atom is 0.330 e. The number of rotatable bonds is 9. The van der Waals surface area contributed by atoms with Crippen molar-refractivity contribution < 1.29 is 14.6 Å². The second kappa shape index (κ2) is 10.4. The zero-order chi connectivity index (χ0) is 17.9. The lowest BCUT2D eigenvalue weighted by molar-refractivity contribution is -0.137. The van der Waals surface area contributed by atoms with Crippen LogP contribution in [0.15, 0.2) is 54.9 Å². The molecule has 4 nitrogen and oxygen atoms in total. The average molecular weight is 339 g/mol. The van der Waals surface area contributed by atoms with E-state index in [2.05, 4.69) is 11.1 Å². The van der Waals surface area contributed by atoms with E-state index in [0.717, 1.165) is 36.8 Å². The maximum absolute atomic E-state index is 11.3. The van der Waals surface area contributed by atoms with Crippen LogP contribution in [-0.2, 0) is 16.0 Å². The molecule has 0 saturated carbocycles. The third-order valence-electron chi connectivity index (χ3n) is 3.94. The Morgan fingerprint density at radius 1 is 1.24 bits per heavy atom. The lowest BCUT2D eigenvalue weighted by atomic mass is 10.0. The first-order valence-corrected chi connectivity index (χ1v) is 8.71. The van der Waals surface area contributed by atoms with Crippen LogP contribution in [0, 0.1) is 0 Å². The fourth-order valence-corrected chi connectivity index (χ4v) is 2.56. The second-order valence-electron chi connectivity index (χ2n) is 5.87. The molecule has 1 N–H and O–H groups in total. The van der Waals surface area contributed by atoms with Gasteiger partial charge < -0.3 is 9.84 Å². The third kappa shape index (κ3) is 6.89. The van der Waals surface area contributed by atoms with Crippen LogP contribution in [0.1, 0.15) is 49.0 Å². The third-order valence-corrected chi connectivity index (χ3v) is 3.94. The van der Waals surface area contributed by atoms with Crippen LogP contribution in [0.2, 0.25) is 0 Å². The molecule has 1 unspecified atom stereocenters. The van der Waals surface area contributed by atoms with Gasteiger partial charge in [0.25, 0.3) is 0 Å². The zero-order valence-electron chi connectivity index (χ0n) is 14.6. The van der Waals surface area contributed by atoms with Crippen molar-refractivity contribution in [3.05, 3.63) is 71.6 Å². The Bertz CT molecular complexity index is 665. The van der Waals surface area contributed by atoms with Crippen molar-refractivity contribution in [1.82, 2.24) is 4.98 Å². The van der Waals surface area contributed by atoms with Crippen LogP contribution in [0.25, 0.3) is 6.08 Å². The molecule has 1 aromatic carbocycles. The van der Waals surface area contributed by atoms with E-state index in [1.165, 1.54) is 11.6 Å². The lowest BCUT2D eigenvalue weighted by Gasteiger charge is -2.11. The molecular weight excluding hydrogens is 314 g/mol. The fourth-order valence-electron chi connectivity index (χ4n) is 2.56. The van der Waals surface area contributed by atoms with Gasteiger partial charge in [-0.05, 0) is 55.0 Å². The summed E-state index contributed by atoms with van der Waals surface area (Å²) in [6.07, 6.45) is 10.0. The number of aliphatic hydroxyl groups is 1. The van der Waals surface area contributed by atoms with E-state index >= 15 is 0 Å². The summed E-state index contributed by atoms with van der Waals surface area (Å²) in [5, 5.41) is 10.3. The highest BCUT2D eigenvalue weighted by molar-refractivity contribution is 5.87. The Labute approximate surface area is 149 Å². The first-order valence-electron chi connectivity index (χ1n) is 8.71. The molecule has 0 saturated heterocycles. The molecule has 25 heavy (non-hydrogen) atoms. The summed E-state index contributed by atoms with van der Waals surface area (Å²) < 4.78 is 4.84. The highest BCUT2D eigenvalue weighted by Gasteiger charge is 2.07. The summed E-state index contributed by atoms with van der Waals surface area (Å²) >= 11 is 0. The molecule has 4 heteroatoms. The highest BCUT2D eigenvalue weighted by atomic mass is 16.5. The molecule has 0 fully saturated rings. The molecule has 0 aliphatic carbocycles. The van der Waals surface area contributed by atoms with Crippen molar-refractivity contribution in [2.75, 3.05) is 6.61 Å². The van der Waals surface area contributed by atoms with Gasteiger partial charge in [0.1, 0.15) is 0 Å². The monoisotopic (exact) mass is 339 g/mol. The Hall–Kier alpha value is -2.46. The number of pyridine rings is 1. The van der Waals surface area contributed by atoms with Crippen molar-refractivity contribution in [2.24, 2.45) is 0 Å². The summed E-state index contributed by atoms with van der Waals surface area (Å²) in [5.74, 6) is -0.347. The zero-order valence-corrected chi connectivity index (χ0v) is 14.6. The van der Waals surface area contributed by atoms with E-state index < -0.39 is 6.10 Å². The summed E-state index contributed by atoms with van der Waals surface area (Å²) in [5.41, 5.74) is 3.03. The fraction of sp³-hybridized carbons (Fsp3) is 0.333. The number of unbranched alkanes of at least 4 members (excludes halogenated alkanes) is 1. The number of benzene rings is 1. The number of esters is 1. The summed E-state index contributed by atoms with van der Waals surface area (Å²) in [6.45, 7) is 2.15. The van der Waals surface area contributed by atoms with Gasteiger partial charge in [-0.3, -0.25) is 4.98 Å². The standard InChI is InChI=1S/C21H25NO3/c1-2-25-21(24)14-11-17-9-12-19(13-10-17)20(23)8-4-3-6-18-7-5-15-22-16-18/h5,7,9-16,20,23H,2-4,6,8H2,1H3. The smallest absolute Gasteiger partial charge is 0.330 e. The van der Waals surface area contributed by atoms with Crippen molar-refractivity contribution in [2.45, 2.75) is 38.7 Å². The second-order valence-corrected chi connectivity index (χ2v) is 5.87. The van der Waals surface area contributed by atoms with Crippen molar-refractivity contribution >= 4 is 12.0 Å². The first-order chi connectivity index (χ1) is 12.2. The number of carbonyl (C=O) groups is 1. The summed E-state index contributed by atoms with van der Waals surface area (Å²) in [7, 11) is 0. The molecule has 0 bridgehead atoms. The predicted octanol–water partition coefficient (Wildman–Crippen LogP) is 4.10. The summed E-state index contributed by atoms with van der Waals surface area (Å²) in [4.78, 5) is 15.4. The van der Waals surface area contributed by atoms with E-state index in [0.29, 0.717) is 6.61 Å². The number of hydrogen-bond acceptors (Lipinski definition) is 4. The quantitative estimate of drug-likeness (QED) is 0.424. The highest BCUT2D eigenvalue weighted by Crippen LogP contribution is 2.20. The topological polar surface area (TPSA) is 59.4 Å². The number of hydrogen-bond donors (Lipinski definition) is 1. The van der Waals surface area contributed by atoms with E-state index in [4.69, 9.17) is 4.74 Å². The van der Waals surface area contributed by atoms with Gasteiger partial charge in [0.15, 0.2) is 0 Å². The number of ether oxygens (including phenoxy) is 1. The van der Waals surface area contributed by atoms with Crippen LogP contribution < -0.4 is 0 Å². The molecule has 1 aromatic heterocycles. The van der Waals surface area contributed by atoms with E-state index in [1.807, 2.05) is 36.5 Å². The minimum absolute atomic E-state index is 0.347. The van der Waals surface area contributed by atoms with Crippen molar-refractivity contribution in [3.8, 4) is 0 Å². The molecule has 2 aromatic rings. The Kier molecular flexibility index (Phi) is 7.86. The van der Waals surface area contributed by atoms with Gasteiger partial charge in [-0.1, -0.05) is 36.8 Å². The van der Waals surface area contributed by atoms with Gasteiger partial charge in [-0.25, -0.2) is 4.79 Å². The molecule has 0 amide bonds. The minimum Gasteiger partial charge on any atom is -0.463 e. The molecule has 0 spiro atoms. The molecule has 1 atom stereocenters. The number of nitrogens with zero attached hydrogens (tertiary/aromatic N) is 1. The number of aromatic nitrogens is 1. The van der Waals surface area contributed by atoms with Crippen LogP contribution in [-0.4, -0.2) is 22.7 Å². The molecule has 132 valence electrons. The van der Waals surface area contributed by atoms with Gasteiger partial charge in [-0.15, -0.1) is 0 Å². The Balaban J connectivity index is 1.76. The molecule has 2 rings (SSSR count). The maximum atomic E-state index is 11.3. The van der Waals surface area contributed by atoms with Crippen LogP contribution >= 0.6 is 0 Å². The molecule has 0 radical (unpaired) electrons. The van der Waals surface area contributed by atoms with E-state index in [1.54, 1.807) is 19.2 Å². The van der Waals surface area contributed by atoms with Crippen LogP contribution in [0.3, 0.4) is 0 Å². The van der Waals surface area contributed by atoms with E-state index in [9.17, 15) is 9.90 Å². The molecular formula is C21H25NO3. The first kappa shape index (κ1) is 18.9. The molecule has 0 aliphatic heterocycles. The van der Waals surface area contributed by atoms with Gasteiger partial charge in [-0.2, -0.15) is 0 Å². The average Bonchev–Trinajstić information content (AvgIpc) is 2.65. The van der Waals surface area contributed by atoms with Crippen LogP contribution in [0.4, 0.5) is 0 Å². The largest absolute Gasteiger partial charge is 0.463 e. The van der Waals surface area contributed by atoms with Gasteiger partial charge in [0, 0.05) is 18.5 Å². The van der Waals surface area contributed by atoms with Gasteiger partial charge in [0.05, 0.1) is 12.7 Å². The van der Waals surface area contributed by atoms with Crippen molar-refractivity contribution in [3.63, 3.8) is 0 Å². The van der Waals surface area contributed by atoms with Crippen LogP contribution in [0.5, 0.6) is 0 Å². The Morgan fingerprint density at radius 3 is 2.72 bits per heavy atom. The van der Waals surface area contributed by atoms with Gasteiger partial charge >= 0.3 is 5.97 Å². The number of aliphatic hydroxyl groups excluding tert-OH is 1. The molecule has 1 heterocycles. The van der Waals surface area contributed by atoms with Gasteiger partial charge in [0.2, 0.25) is 0 Å².